The number of anilines is 1. The number of ether oxygens (including phenoxy) is 1. The molecule has 1 heterocycles. The molecule has 0 spiro atoms. The maximum absolute atomic E-state index is 12.9. The van der Waals surface area contributed by atoms with E-state index in [0.29, 0.717) is 17.8 Å². The van der Waals surface area contributed by atoms with Crippen LogP contribution in [0.5, 0.6) is 0 Å². The van der Waals surface area contributed by atoms with Gasteiger partial charge in [-0.05, 0) is 81.3 Å². The number of hydrogen-bond acceptors (Lipinski definition) is 4. The van der Waals surface area contributed by atoms with E-state index >= 15 is 0 Å². The Morgan fingerprint density at radius 1 is 1.07 bits per heavy atom. The normalized spacial score (nSPS) is 33.3. The van der Waals surface area contributed by atoms with E-state index in [1.54, 1.807) is 4.90 Å². The van der Waals surface area contributed by atoms with Gasteiger partial charge < -0.3 is 15.0 Å². The molecule has 4 aliphatic carbocycles. The van der Waals surface area contributed by atoms with Crippen molar-refractivity contribution in [2.75, 3.05) is 18.1 Å². The van der Waals surface area contributed by atoms with Gasteiger partial charge >= 0.3 is 5.97 Å². The van der Waals surface area contributed by atoms with Crippen molar-refractivity contribution in [2.24, 2.45) is 23.2 Å². The van der Waals surface area contributed by atoms with Crippen molar-refractivity contribution in [1.29, 1.82) is 0 Å². The third-order valence-corrected chi connectivity index (χ3v) is 7.75. The van der Waals surface area contributed by atoms with Crippen molar-refractivity contribution in [1.82, 2.24) is 5.32 Å². The van der Waals surface area contributed by atoms with E-state index in [-0.39, 0.29) is 36.4 Å². The fraction of sp³-hybridized carbons (Fsp3) is 0.625. The van der Waals surface area contributed by atoms with Crippen LogP contribution in [0.2, 0.25) is 0 Å². The summed E-state index contributed by atoms with van der Waals surface area (Å²) in [6.07, 6.45) is 7.51. The van der Waals surface area contributed by atoms with Crippen LogP contribution in [-0.4, -0.2) is 37.0 Å². The van der Waals surface area contributed by atoms with E-state index in [9.17, 15) is 14.4 Å². The Labute approximate surface area is 177 Å². The molecule has 1 N–H and O–H groups in total. The smallest absolute Gasteiger partial charge is 0.325 e. The van der Waals surface area contributed by atoms with Crippen LogP contribution in [0.4, 0.5) is 5.69 Å². The summed E-state index contributed by atoms with van der Waals surface area (Å²) in [4.78, 5) is 39.5. The van der Waals surface area contributed by atoms with Crippen molar-refractivity contribution in [3.63, 3.8) is 0 Å². The van der Waals surface area contributed by atoms with Gasteiger partial charge in [-0.3, -0.25) is 14.4 Å². The second-order valence-corrected chi connectivity index (χ2v) is 9.99. The molecule has 0 radical (unpaired) electrons. The molecule has 2 amide bonds. The topological polar surface area (TPSA) is 75.7 Å². The van der Waals surface area contributed by atoms with E-state index in [2.05, 4.69) is 5.32 Å². The number of para-hydroxylation sites is 1. The number of esters is 1. The lowest BCUT2D eigenvalue weighted by Gasteiger charge is -2.55. The lowest BCUT2D eigenvalue weighted by molar-refractivity contribution is -0.152. The number of carbonyl (C=O) groups is 3. The molecule has 6 heteroatoms. The molecule has 6 rings (SSSR count). The standard InChI is InChI=1S/C24H30N2O4/c1-15-6-19-4-2-3-5-20(19)26(15)21(27)14-30-22(28)13-25-23(29)24-10-16-7-17(11-24)9-18(8-16)12-24/h2-5,15-18H,6-14H2,1H3,(H,25,29)/t15-,16?,17?,18?,24?/m1/s1. The van der Waals surface area contributed by atoms with Crippen LogP contribution >= 0.6 is 0 Å². The monoisotopic (exact) mass is 410 g/mol. The first-order chi connectivity index (χ1) is 14.4. The Morgan fingerprint density at radius 3 is 2.37 bits per heavy atom. The van der Waals surface area contributed by atoms with E-state index in [1.165, 1.54) is 19.3 Å². The van der Waals surface area contributed by atoms with Gasteiger partial charge in [0.25, 0.3) is 5.91 Å². The van der Waals surface area contributed by atoms with Crippen LogP contribution in [0.3, 0.4) is 0 Å². The largest absolute Gasteiger partial charge is 0.454 e. The third-order valence-electron chi connectivity index (χ3n) is 7.75. The summed E-state index contributed by atoms with van der Waals surface area (Å²) in [7, 11) is 0. The molecule has 4 saturated carbocycles. The summed E-state index contributed by atoms with van der Waals surface area (Å²) in [5, 5.41) is 2.82. The summed E-state index contributed by atoms with van der Waals surface area (Å²) >= 11 is 0. The minimum atomic E-state index is -0.554. The Bertz CT molecular complexity index is 844. The zero-order chi connectivity index (χ0) is 20.9. The van der Waals surface area contributed by atoms with Crippen molar-refractivity contribution in [3.8, 4) is 0 Å². The summed E-state index contributed by atoms with van der Waals surface area (Å²) in [6, 6.07) is 7.86. The number of carbonyl (C=O) groups excluding carboxylic acids is 3. The van der Waals surface area contributed by atoms with Crippen molar-refractivity contribution in [3.05, 3.63) is 29.8 Å². The van der Waals surface area contributed by atoms with Gasteiger partial charge in [0.05, 0.1) is 0 Å². The summed E-state index contributed by atoms with van der Waals surface area (Å²) in [6.45, 7) is 1.52. The van der Waals surface area contributed by atoms with Crippen molar-refractivity contribution >= 4 is 23.5 Å². The lowest BCUT2D eigenvalue weighted by Crippen LogP contribution is -2.54. The maximum atomic E-state index is 12.9. The quantitative estimate of drug-likeness (QED) is 0.758. The molecule has 30 heavy (non-hydrogen) atoms. The van der Waals surface area contributed by atoms with Crippen molar-refractivity contribution in [2.45, 2.75) is 57.9 Å². The minimum Gasteiger partial charge on any atom is -0.454 e. The van der Waals surface area contributed by atoms with Crippen molar-refractivity contribution < 1.29 is 19.1 Å². The van der Waals surface area contributed by atoms with E-state index in [1.807, 2.05) is 31.2 Å². The lowest BCUT2D eigenvalue weighted by atomic mass is 9.49. The molecular formula is C24H30N2O4. The third kappa shape index (κ3) is 3.40. The van der Waals surface area contributed by atoms with E-state index < -0.39 is 5.97 Å². The SMILES string of the molecule is C[C@@H]1Cc2ccccc2N1C(=O)COC(=O)CNC(=O)C12CC3CC(CC(C3)C1)C2. The van der Waals surface area contributed by atoms with Gasteiger partial charge in [-0.2, -0.15) is 0 Å². The van der Waals surface area contributed by atoms with Crippen LogP contribution in [-0.2, 0) is 25.5 Å². The molecule has 4 bridgehead atoms. The zero-order valence-electron chi connectivity index (χ0n) is 17.6. The van der Waals surface area contributed by atoms with Gasteiger partial charge in [-0.15, -0.1) is 0 Å². The molecule has 1 aromatic rings. The molecule has 1 aromatic carbocycles. The van der Waals surface area contributed by atoms with Crippen LogP contribution in [0.1, 0.15) is 51.0 Å². The molecular weight excluding hydrogens is 380 g/mol. The van der Waals surface area contributed by atoms with Crippen LogP contribution in [0.15, 0.2) is 24.3 Å². The number of rotatable bonds is 5. The summed E-state index contributed by atoms with van der Waals surface area (Å²) in [5.41, 5.74) is 1.74. The number of nitrogens with one attached hydrogen (secondary N) is 1. The predicted molar refractivity (Wildman–Crippen MR) is 112 cm³/mol. The highest BCUT2D eigenvalue weighted by molar-refractivity contribution is 5.98. The molecule has 1 aliphatic heterocycles. The summed E-state index contributed by atoms with van der Waals surface area (Å²) in [5.74, 6) is 1.26. The average Bonchev–Trinajstić information content (AvgIpc) is 3.05. The highest BCUT2D eigenvalue weighted by Gasteiger charge is 2.54. The Morgan fingerprint density at radius 2 is 1.70 bits per heavy atom. The van der Waals surface area contributed by atoms with Gasteiger partial charge in [0.1, 0.15) is 6.54 Å². The van der Waals surface area contributed by atoms with Crippen LogP contribution in [0, 0.1) is 23.2 Å². The second kappa shape index (κ2) is 7.40. The summed E-state index contributed by atoms with van der Waals surface area (Å²) < 4.78 is 5.20. The number of hydrogen-bond donors (Lipinski definition) is 1. The molecule has 4 fully saturated rings. The van der Waals surface area contributed by atoms with Crippen LogP contribution < -0.4 is 10.2 Å². The van der Waals surface area contributed by atoms with Gasteiger partial charge in [0.15, 0.2) is 6.61 Å². The molecule has 5 aliphatic rings. The first-order valence-corrected chi connectivity index (χ1v) is 11.3. The fourth-order valence-electron chi connectivity index (χ4n) is 6.94. The highest BCUT2D eigenvalue weighted by atomic mass is 16.5. The first-order valence-electron chi connectivity index (χ1n) is 11.3. The Balaban J connectivity index is 1.12. The number of fused-ring (bicyclic) bond motifs is 1. The Hall–Kier alpha value is -2.37. The van der Waals surface area contributed by atoms with Gasteiger partial charge in [0.2, 0.25) is 5.91 Å². The first kappa shape index (κ1) is 19.6. The molecule has 0 unspecified atom stereocenters. The number of nitrogens with zero attached hydrogens (tertiary/aromatic N) is 1. The fourth-order valence-corrected chi connectivity index (χ4v) is 6.94. The maximum Gasteiger partial charge on any atom is 0.325 e. The number of benzene rings is 1. The van der Waals surface area contributed by atoms with Gasteiger partial charge in [0, 0.05) is 17.1 Å². The minimum absolute atomic E-state index is 0.00645. The second-order valence-electron chi connectivity index (χ2n) is 9.99. The zero-order valence-corrected chi connectivity index (χ0v) is 17.6. The molecule has 160 valence electrons. The van der Waals surface area contributed by atoms with E-state index in [4.69, 9.17) is 4.74 Å². The van der Waals surface area contributed by atoms with Crippen LogP contribution in [0.25, 0.3) is 0 Å². The Kier molecular flexibility index (Phi) is 4.83. The number of amides is 2. The molecule has 1 atom stereocenters. The van der Waals surface area contributed by atoms with Gasteiger partial charge in [-0.25, -0.2) is 0 Å². The molecule has 0 aromatic heterocycles. The highest BCUT2D eigenvalue weighted by Crippen LogP contribution is 2.60. The van der Waals surface area contributed by atoms with Gasteiger partial charge in [-0.1, -0.05) is 18.2 Å². The average molecular weight is 411 g/mol. The molecule has 6 nitrogen and oxygen atoms in total. The predicted octanol–water partition coefficient (Wildman–Crippen LogP) is 2.84. The molecule has 0 saturated heterocycles. The van der Waals surface area contributed by atoms with E-state index in [0.717, 1.165) is 36.9 Å².